The molecular formula is C11H14ClIN2O. The summed E-state index contributed by atoms with van der Waals surface area (Å²) in [6.07, 6.45) is 1.14. The summed E-state index contributed by atoms with van der Waals surface area (Å²) in [5.74, 6) is 1.31. The minimum Gasteiger partial charge on any atom is -0.378 e. The van der Waals surface area contributed by atoms with Crippen molar-refractivity contribution < 1.29 is 4.74 Å². The lowest BCUT2D eigenvalue weighted by molar-refractivity contribution is 0.180. The van der Waals surface area contributed by atoms with Crippen molar-refractivity contribution in [3.8, 4) is 0 Å². The van der Waals surface area contributed by atoms with Gasteiger partial charge in [-0.1, -0.05) is 25.4 Å². The van der Waals surface area contributed by atoms with E-state index >= 15 is 0 Å². The van der Waals surface area contributed by atoms with Crippen LogP contribution in [0.1, 0.15) is 37.7 Å². The molecule has 0 N–H and O–H groups in total. The van der Waals surface area contributed by atoms with E-state index in [1.807, 2.05) is 0 Å². The van der Waals surface area contributed by atoms with E-state index in [0.29, 0.717) is 23.1 Å². The summed E-state index contributed by atoms with van der Waals surface area (Å²) in [5, 5.41) is 0.542. The van der Waals surface area contributed by atoms with Gasteiger partial charge in [-0.25, -0.2) is 9.97 Å². The van der Waals surface area contributed by atoms with Crippen molar-refractivity contribution in [3.63, 3.8) is 0 Å². The average Bonchev–Trinajstić information content (AvgIpc) is 2.83. The highest BCUT2D eigenvalue weighted by molar-refractivity contribution is 14.1. The predicted molar refractivity (Wildman–Crippen MR) is 71.6 cm³/mol. The molecule has 5 heteroatoms. The van der Waals surface area contributed by atoms with Gasteiger partial charge >= 0.3 is 0 Å². The maximum atomic E-state index is 6.11. The standard InChI is InChI=1S/C11H14ClIN2O/c1-11(2)4-6(11)10-14-7(5-16-3)8(13)9(12)15-10/h6H,4-5H2,1-3H3. The summed E-state index contributed by atoms with van der Waals surface area (Å²) < 4.78 is 6.01. The van der Waals surface area contributed by atoms with Gasteiger partial charge in [-0.3, -0.25) is 0 Å². The lowest BCUT2D eigenvalue weighted by Gasteiger charge is -2.08. The summed E-state index contributed by atoms with van der Waals surface area (Å²) in [4.78, 5) is 8.92. The Hall–Kier alpha value is 0.0600. The van der Waals surface area contributed by atoms with Gasteiger partial charge in [0.1, 0.15) is 11.0 Å². The molecule has 3 nitrogen and oxygen atoms in total. The van der Waals surface area contributed by atoms with E-state index in [0.717, 1.165) is 21.5 Å². The molecule has 1 aliphatic rings. The van der Waals surface area contributed by atoms with Crippen LogP contribution in [0.4, 0.5) is 0 Å². The van der Waals surface area contributed by atoms with Crippen LogP contribution in [0.25, 0.3) is 0 Å². The Morgan fingerprint density at radius 1 is 1.50 bits per heavy atom. The molecule has 1 atom stereocenters. The van der Waals surface area contributed by atoms with Crippen LogP contribution in [0.3, 0.4) is 0 Å². The Bertz CT molecular complexity index is 423. The number of ether oxygens (including phenoxy) is 1. The first kappa shape index (κ1) is 12.5. The molecule has 0 saturated heterocycles. The molecule has 88 valence electrons. The maximum absolute atomic E-state index is 6.11. The number of rotatable bonds is 3. The normalized spacial score (nSPS) is 22.2. The minimum atomic E-state index is 0.320. The SMILES string of the molecule is COCc1nc(C2CC2(C)C)nc(Cl)c1I. The highest BCUT2D eigenvalue weighted by Crippen LogP contribution is 2.57. The maximum Gasteiger partial charge on any atom is 0.146 e. The molecule has 0 radical (unpaired) electrons. The summed E-state index contributed by atoms with van der Waals surface area (Å²) in [7, 11) is 1.66. The third kappa shape index (κ3) is 2.33. The number of hydrogen-bond acceptors (Lipinski definition) is 3. The smallest absolute Gasteiger partial charge is 0.146 e. The van der Waals surface area contributed by atoms with E-state index in [4.69, 9.17) is 16.3 Å². The first-order valence-corrected chi connectivity index (χ1v) is 6.62. The monoisotopic (exact) mass is 352 g/mol. The number of halogens is 2. The molecule has 0 aromatic carbocycles. The summed E-state index contributed by atoms with van der Waals surface area (Å²) in [6.45, 7) is 4.94. The summed E-state index contributed by atoms with van der Waals surface area (Å²) in [6, 6.07) is 0. The van der Waals surface area contributed by atoms with Crippen LogP contribution in [0.15, 0.2) is 0 Å². The second-order valence-electron chi connectivity index (χ2n) is 4.81. The van der Waals surface area contributed by atoms with E-state index in [-0.39, 0.29) is 0 Å². The Morgan fingerprint density at radius 3 is 2.62 bits per heavy atom. The number of methoxy groups -OCH3 is 1. The number of nitrogens with zero attached hydrogens (tertiary/aromatic N) is 2. The highest BCUT2D eigenvalue weighted by Gasteiger charge is 2.48. The first-order valence-electron chi connectivity index (χ1n) is 5.16. The number of hydrogen-bond donors (Lipinski definition) is 0. The van der Waals surface area contributed by atoms with Gasteiger partial charge in [0.15, 0.2) is 0 Å². The fourth-order valence-corrected chi connectivity index (χ4v) is 2.37. The summed E-state index contributed by atoms with van der Waals surface area (Å²) >= 11 is 8.27. The van der Waals surface area contributed by atoms with Gasteiger partial charge in [0.25, 0.3) is 0 Å². The molecule has 1 aliphatic carbocycles. The number of aromatic nitrogens is 2. The Morgan fingerprint density at radius 2 is 2.12 bits per heavy atom. The Kier molecular flexibility index (Phi) is 3.43. The largest absolute Gasteiger partial charge is 0.378 e. The summed E-state index contributed by atoms with van der Waals surface area (Å²) in [5.41, 5.74) is 1.21. The van der Waals surface area contributed by atoms with Crippen molar-refractivity contribution in [2.75, 3.05) is 7.11 Å². The highest BCUT2D eigenvalue weighted by atomic mass is 127. The van der Waals surface area contributed by atoms with Gasteiger partial charge in [-0.05, 0) is 34.4 Å². The second kappa shape index (κ2) is 4.38. The van der Waals surface area contributed by atoms with Gasteiger partial charge in [0.05, 0.1) is 15.9 Å². The van der Waals surface area contributed by atoms with E-state index < -0.39 is 0 Å². The zero-order valence-corrected chi connectivity index (χ0v) is 12.5. The van der Waals surface area contributed by atoms with Gasteiger partial charge in [0.2, 0.25) is 0 Å². The molecular weight excluding hydrogens is 338 g/mol. The van der Waals surface area contributed by atoms with E-state index in [2.05, 4.69) is 46.4 Å². The van der Waals surface area contributed by atoms with Gasteiger partial charge in [-0.15, -0.1) is 0 Å². The Labute approximate surface area is 114 Å². The van der Waals surface area contributed by atoms with E-state index in [1.54, 1.807) is 7.11 Å². The minimum absolute atomic E-state index is 0.320. The third-order valence-corrected chi connectivity index (χ3v) is 4.73. The zero-order chi connectivity index (χ0) is 11.9. The van der Waals surface area contributed by atoms with Crippen LogP contribution in [0, 0.1) is 8.99 Å². The molecule has 1 aromatic rings. The van der Waals surface area contributed by atoms with Crippen LogP contribution in [-0.4, -0.2) is 17.1 Å². The molecule has 2 rings (SSSR count). The zero-order valence-electron chi connectivity index (χ0n) is 9.55. The molecule has 0 amide bonds. The Balaban J connectivity index is 2.34. The third-order valence-electron chi connectivity index (χ3n) is 3.00. The molecule has 0 bridgehead atoms. The van der Waals surface area contributed by atoms with E-state index in [9.17, 15) is 0 Å². The van der Waals surface area contributed by atoms with Gasteiger partial charge in [0, 0.05) is 13.0 Å². The quantitative estimate of drug-likeness (QED) is 0.618. The second-order valence-corrected chi connectivity index (χ2v) is 6.25. The molecule has 0 spiro atoms. The molecule has 1 aromatic heterocycles. The molecule has 1 heterocycles. The van der Waals surface area contributed by atoms with Crippen molar-refractivity contribution in [2.45, 2.75) is 32.8 Å². The molecule has 1 saturated carbocycles. The van der Waals surface area contributed by atoms with Crippen LogP contribution in [0.2, 0.25) is 5.15 Å². The first-order chi connectivity index (χ1) is 7.45. The fourth-order valence-electron chi connectivity index (χ4n) is 1.78. The van der Waals surface area contributed by atoms with E-state index in [1.165, 1.54) is 0 Å². The molecule has 16 heavy (non-hydrogen) atoms. The van der Waals surface area contributed by atoms with Crippen molar-refractivity contribution in [2.24, 2.45) is 5.41 Å². The van der Waals surface area contributed by atoms with Crippen molar-refractivity contribution >= 4 is 34.2 Å². The van der Waals surface area contributed by atoms with Crippen LogP contribution < -0.4 is 0 Å². The fraction of sp³-hybridized carbons (Fsp3) is 0.636. The van der Waals surface area contributed by atoms with Crippen LogP contribution >= 0.6 is 34.2 Å². The lowest BCUT2D eigenvalue weighted by Crippen LogP contribution is -2.05. The average molecular weight is 353 g/mol. The van der Waals surface area contributed by atoms with Crippen molar-refractivity contribution in [1.29, 1.82) is 0 Å². The van der Waals surface area contributed by atoms with Crippen LogP contribution in [0.5, 0.6) is 0 Å². The van der Waals surface area contributed by atoms with Crippen LogP contribution in [-0.2, 0) is 11.3 Å². The molecule has 1 unspecified atom stereocenters. The molecule has 1 fully saturated rings. The van der Waals surface area contributed by atoms with Crippen molar-refractivity contribution in [3.05, 3.63) is 20.2 Å². The van der Waals surface area contributed by atoms with Gasteiger partial charge in [-0.2, -0.15) is 0 Å². The van der Waals surface area contributed by atoms with Crippen molar-refractivity contribution in [1.82, 2.24) is 9.97 Å². The van der Waals surface area contributed by atoms with Gasteiger partial charge < -0.3 is 4.74 Å². The molecule has 0 aliphatic heterocycles. The predicted octanol–water partition coefficient (Wildman–Crippen LogP) is 3.39. The lowest BCUT2D eigenvalue weighted by atomic mass is 10.1. The topological polar surface area (TPSA) is 35.0 Å².